The molecule has 0 radical (unpaired) electrons. The van der Waals surface area contributed by atoms with Crippen LogP contribution in [0.4, 0.5) is 5.69 Å². The Labute approximate surface area is 166 Å². The summed E-state index contributed by atoms with van der Waals surface area (Å²) in [5.74, 6) is 0.701. The molecule has 0 unspecified atom stereocenters. The van der Waals surface area contributed by atoms with Gasteiger partial charge in [0.15, 0.2) is 0 Å². The van der Waals surface area contributed by atoms with E-state index in [2.05, 4.69) is 10.6 Å². The highest BCUT2D eigenvalue weighted by atomic mass is 35.5. The van der Waals surface area contributed by atoms with E-state index in [0.29, 0.717) is 22.5 Å². The lowest BCUT2D eigenvalue weighted by Crippen LogP contribution is -2.39. The van der Waals surface area contributed by atoms with E-state index in [4.69, 9.17) is 16.3 Å². The Balaban J connectivity index is 1.52. The van der Waals surface area contributed by atoms with Crippen molar-refractivity contribution >= 4 is 29.1 Å². The van der Waals surface area contributed by atoms with Crippen LogP contribution in [0.25, 0.3) is 0 Å². The first-order chi connectivity index (χ1) is 13.0. The van der Waals surface area contributed by atoms with Crippen LogP contribution in [0, 0.1) is 18.8 Å². The monoisotopic (exact) mass is 392 g/mol. The minimum atomic E-state index is -0.0683. The van der Waals surface area contributed by atoms with Gasteiger partial charge < -0.3 is 15.4 Å². The van der Waals surface area contributed by atoms with Crippen LogP contribution in [-0.2, 0) is 9.59 Å². The highest BCUT2D eigenvalue weighted by molar-refractivity contribution is 6.31. The van der Waals surface area contributed by atoms with E-state index in [0.717, 1.165) is 44.1 Å². The van der Waals surface area contributed by atoms with Gasteiger partial charge >= 0.3 is 0 Å². The van der Waals surface area contributed by atoms with Crippen molar-refractivity contribution in [1.82, 2.24) is 5.32 Å². The van der Waals surface area contributed by atoms with Gasteiger partial charge in [0.05, 0.1) is 12.8 Å². The van der Waals surface area contributed by atoms with Gasteiger partial charge in [-0.15, -0.1) is 0 Å². The quantitative estimate of drug-likeness (QED) is 0.777. The SMILES string of the molecule is COc1cc(Cl)c(C)cc1NC(=O)C1CCC(C(=O)NC2CCCC2)CC1. The van der Waals surface area contributed by atoms with Gasteiger partial charge in [0, 0.05) is 29.0 Å². The van der Waals surface area contributed by atoms with Crippen molar-refractivity contribution in [2.45, 2.75) is 64.3 Å². The second-order valence-electron chi connectivity index (χ2n) is 7.83. The minimum absolute atomic E-state index is 0.00956. The molecule has 2 aliphatic carbocycles. The molecule has 0 spiro atoms. The van der Waals surface area contributed by atoms with Gasteiger partial charge in [-0.25, -0.2) is 0 Å². The van der Waals surface area contributed by atoms with Crippen LogP contribution >= 0.6 is 11.6 Å². The molecule has 1 aromatic carbocycles. The molecule has 0 heterocycles. The lowest BCUT2D eigenvalue weighted by molar-refractivity contribution is -0.129. The standard InChI is InChI=1S/C21H29ClN2O3/c1-13-11-18(19(27-2)12-17(13)22)24-21(26)15-9-7-14(8-10-15)20(25)23-16-5-3-4-6-16/h11-12,14-16H,3-10H2,1-2H3,(H,23,25)(H,24,26). The summed E-state index contributed by atoms with van der Waals surface area (Å²) in [6.45, 7) is 1.89. The summed E-state index contributed by atoms with van der Waals surface area (Å²) in [7, 11) is 1.56. The molecule has 0 aliphatic heterocycles. The molecule has 0 saturated heterocycles. The molecule has 5 nitrogen and oxygen atoms in total. The van der Waals surface area contributed by atoms with Crippen molar-refractivity contribution in [2.24, 2.45) is 11.8 Å². The summed E-state index contributed by atoms with van der Waals surface area (Å²) in [5.41, 5.74) is 1.53. The Morgan fingerprint density at radius 2 is 1.59 bits per heavy atom. The maximum atomic E-state index is 12.7. The first-order valence-corrected chi connectivity index (χ1v) is 10.3. The van der Waals surface area contributed by atoms with Crippen molar-refractivity contribution in [3.8, 4) is 5.75 Å². The van der Waals surface area contributed by atoms with Gasteiger partial charge in [0.2, 0.25) is 11.8 Å². The van der Waals surface area contributed by atoms with Crippen LogP contribution in [0.2, 0.25) is 5.02 Å². The fourth-order valence-corrected chi connectivity index (χ4v) is 4.33. The first kappa shape index (κ1) is 20.0. The summed E-state index contributed by atoms with van der Waals surface area (Å²) >= 11 is 6.13. The van der Waals surface area contributed by atoms with Gasteiger partial charge in [0.25, 0.3) is 0 Å². The first-order valence-electron chi connectivity index (χ1n) is 9.93. The van der Waals surface area contributed by atoms with E-state index in [1.165, 1.54) is 12.8 Å². The van der Waals surface area contributed by atoms with Crippen LogP contribution in [0.15, 0.2) is 12.1 Å². The third-order valence-electron chi connectivity index (χ3n) is 5.91. The van der Waals surface area contributed by atoms with E-state index in [1.54, 1.807) is 13.2 Å². The fraction of sp³-hybridized carbons (Fsp3) is 0.619. The lowest BCUT2D eigenvalue weighted by atomic mass is 9.81. The van der Waals surface area contributed by atoms with E-state index >= 15 is 0 Å². The molecule has 1 aromatic rings. The predicted molar refractivity (Wildman–Crippen MR) is 107 cm³/mol. The number of carbonyl (C=O) groups is 2. The summed E-state index contributed by atoms with van der Waals surface area (Å²) in [6.07, 6.45) is 7.66. The largest absolute Gasteiger partial charge is 0.495 e. The van der Waals surface area contributed by atoms with Crippen LogP contribution in [0.3, 0.4) is 0 Å². The fourth-order valence-electron chi connectivity index (χ4n) is 4.17. The Morgan fingerprint density at radius 3 is 2.19 bits per heavy atom. The predicted octanol–water partition coefficient (Wildman–Crippen LogP) is 4.46. The molecule has 27 heavy (non-hydrogen) atoms. The van der Waals surface area contributed by atoms with Gasteiger partial charge in [-0.2, -0.15) is 0 Å². The van der Waals surface area contributed by atoms with Crippen molar-refractivity contribution in [3.05, 3.63) is 22.7 Å². The van der Waals surface area contributed by atoms with E-state index in [9.17, 15) is 9.59 Å². The zero-order chi connectivity index (χ0) is 19.4. The number of hydrogen-bond acceptors (Lipinski definition) is 3. The van der Waals surface area contributed by atoms with Crippen LogP contribution in [-0.4, -0.2) is 25.0 Å². The zero-order valence-electron chi connectivity index (χ0n) is 16.1. The molecule has 2 saturated carbocycles. The van der Waals surface area contributed by atoms with Crippen molar-refractivity contribution < 1.29 is 14.3 Å². The molecule has 6 heteroatoms. The minimum Gasteiger partial charge on any atom is -0.495 e. The number of rotatable bonds is 5. The number of carbonyl (C=O) groups excluding carboxylic acids is 2. The maximum Gasteiger partial charge on any atom is 0.227 e. The smallest absolute Gasteiger partial charge is 0.227 e. The zero-order valence-corrected chi connectivity index (χ0v) is 16.9. The number of amides is 2. The summed E-state index contributed by atoms with van der Waals surface area (Å²) < 4.78 is 5.33. The number of benzene rings is 1. The summed E-state index contributed by atoms with van der Waals surface area (Å²) in [4.78, 5) is 25.1. The summed E-state index contributed by atoms with van der Waals surface area (Å²) in [5, 5.41) is 6.78. The highest BCUT2D eigenvalue weighted by Crippen LogP contribution is 2.34. The second-order valence-corrected chi connectivity index (χ2v) is 8.24. The van der Waals surface area contributed by atoms with Crippen LogP contribution < -0.4 is 15.4 Å². The number of anilines is 1. The van der Waals surface area contributed by atoms with E-state index in [-0.39, 0.29) is 23.7 Å². The molecular formula is C21H29ClN2O3. The highest BCUT2D eigenvalue weighted by Gasteiger charge is 2.31. The topological polar surface area (TPSA) is 67.4 Å². The van der Waals surface area contributed by atoms with Gasteiger partial charge in [-0.05, 0) is 57.1 Å². The molecule has 3 rings (SSSR count). The molecule has 2 amide bonds. The number of aryl methyl sites for hydroxylation is 1. The molecule has 0 bridgehead atoms. The van der Waals surface area contributed by atoms with Gasteiger partial charge in [0.1, 0.15) is 5.75 Å². The lowest BCUT2D eigenvalue weighted by Gasteiger charge is -2.28. The number of ether oxygens (including phenoxy) is 1. The van der Waals surface area contributed by atoms with Gasteiger partial charge in [-0.1, -0.05) is 24.4 Å². The van der Waals surface area contributed by atoms with E-state index < -0.39 is 0 Å². The molecule has 0 aromatic heterocycles. The average molecular weight is 393 g/mol. The number of halogens is 1. The number of hydrogen-bond donors (Lipinski definition) is 2. The van der Waals surface area contributed by atoms with Crippen molar-refractivity contribution in [1.29, 1.82) is 0 Å². The molecule has 2 fully saturated rings. The number of methoxy groups -OCH3 is 1. The van der Waals surface area contributed by atoms with E-state index in [1.807, 2.05) is 13.0 Å². The Kier molecular flexibility index (Phi) is 6.64. The third kappa shape index (κ3) is 4.95. The van der Waals surface area contributed by atoms with Crippen molar-refractivity contribution in [3.63, 3.8) is 0 Å². The summed E-state index contributed by atoms with van der Waals surface area (Å²) in [6, 6.07) is 3.91. The Bertz CT molecular complexity index is 693. The van der Waals surface area contributed by atoms with Crippen molar-refractivity contribution in [2.75, 3.05) is 12.4 Å². The molecule has 148 valence electrons. The number of nitrogens with one attached hydrogen (secondary N) is 2. The second kappa shape index (κ2) is 8.96. The molecular weight excluding hydrogens is 364 g/mol. The third-order valence-corrected chi connectivity index (χ3v) is 6.32. The maximum absolute atomic E-state index is 12.7. The molecule has 2 aliphatic rings. The average Bonchev–Trinajstić information content (AvgIpc) is 3.17. The molecule has 2 N–H and O–H groups in total. The Morgan fingerprint density at radius 1 is 1.00 bits per heavy atom. The van der Waals surface area contributed by atoms with Gasteiger partial charge in [-0.3, -0.25) is 9.59 Å². The Hall–Kier alpha value is -1.75. The molecule has 0 atom stereocenters. The van der Waals surface area contributed by atoms with Crippen LogP contribution in [0.1, 0.15) is 56.9 Å². The normalized spacial score (nSPS) is 23.1. The van der Waals surface area contributed by atoms with Crippen LogP contribution in [0.5, 0.6) is 5.75 Å².